The molecule has 142 valence electrons. The third-order valence-corrected chi connectivity index (χ3v) is 6.28. The molecule has 2 aromatic rings. The van der Waals surface area contributed by atoms with E-state index >= 15 is 0 Å². The normalized spacial score (nSPS) is 17.5. The Balaban J connectivity index is 2.13. The van der Waals surface area contributed by atoms with E-state index < -0.39 is 15.9 Å². The predicted molar refractivity (Wildman–Crippen MR) is 107 cm³/mol. The van der Waals surface area contributed by atoms with Crippen molar-refractivity contribution >= 4 is 37.4 Å². The molecule has 0 aliphatic carbocycles. The number of nitrogens with zero attached hydrogens (tertiary/aromatic N) is 1. The van der Waals surface area contributed by atoms with Crippen LogP contribution in [0.25, 0.3) is 0 Å². The maximum Gasteiger partial charge on any atom is 0.260 e. The summed E-state index contributed by atoms with van der Waals surface area (Å²) < 4.78 is 35.2. The summed E-state index contributed by atoms with van der Waals surface area (Å²) in [5.41, 5.74) is 0.888. The lowest BCUT2D eigenvalue weighted by Crippen LogP contribution is -2.41. The van der Waals surface area contributed by atoms with Crippen LogP contribution in [0.4, 0.5) is 5.69 Å². The first-order valence-electron chi connectivity index (χ1n) is 8.07. The van der Waals surface area contributed by atoms with Crippen molar-refractivity contribution in [3.8, 4) is 11.5 Å². The number of carbonyl (C=O) groups is 1. The summed E-state index contributed by atoms with van der Waals surface area (Å²) in [6, 6.07) is 11.4. The van der Waals surface area contributed by atoms with Gasteiger partial charge in [-0.1, -0.05) is 12.1 Å². The van der Waals surface area contributed by atoms with Crippen LogP contribution in [0.15, 0.2) is 58.4 Å². The Hall–Kier alpha value is -2.32. The first-order valence-corrected chi connectivity index (χ1v) is 10.6. The van der Waals surface area contributed by atoms with Gasteiger partial charge in [0.1, 0.15) is 11.5 Å². The minimum absolute atomic E-state index is 0.182. The van der Waals surface area contributed by atoms with Crippen molar-refractivity contribution < 1.29 is 22.7 Å². The largest absolute Gasteiger partial charge is 0.497 e. The molecule has 1 aliphatic rings. The van der Waals surface area contributed by atoms with Gasteiger partial charge in [-0.2, -0.15) is 0 Å². The Morgan fingerprint density at radius 1 is 1.15 bits per heavy atom. The number of sulfone groups is 1. The standard InChI is InChI=1S/C19H18BrNO5S/c1-25-14-7-8-17(18(11-14)26-2)21(13-9-10-27(23,24)12-13)19(22)15-5-3-4-6-16(15)20/h3-11,13H,12H2,1-2H3/t13-/m1/s1. The van der Waals surface area contributed by atoms with Crippen molar-refractivity contribution in [3.05, 3.63) is 64.0 Å². The molecule has 1 atom stereocenters. The lowest BCUT2D eigenvalue weighted by molar-refractivity contribution is 0.0981. The van der Waals surface area contributed by atoms with E-state index in [0.29, 0.717) is 27.2 Å². The number of anilines is 1. The second kappa shape index (κ2) is 7.74. The minimum Gasteiger partial charge on any atom is -0.497 e. The van der Waals surface area contributed by atoms with Crippen LogP contribution in [0, 0.1) is 0 Å². The van der Waals surface area contributed by atoms with Gasteiger partial charge in [0.2, 0.25) is 0 Å². The Morgan fingerprint density at radius 3 is 2.48 bits per heavy atom. The van der Waals surface area contributed by atoms with Gasteiger partial charge in [-0.25, -0.2) is 8.42 Å². The van der Waals surface area contributed by atoms with E-state index in [9.17, 15) is 13.2 Å². The van der Waals surface area contributed by atoms with Crippen molar-refractivity contribution in [2.24, 2.45) is 0 Å². The lowest BCUT2D eigenvalue weighted by atomic mass is 10.1. The molecule has 2 aromatic carbocycles. The van der Waals surface area contributed by atoms with E-state index in [1.54, 1.807) is 42.5 Å². The van der Waals surface area contributed by atoms with E-state index in [0.717, 1.165) is 5.41 Å². The van der Waals surface area contributed by atoms with Crippen LogP contribution in [0.2, 0.25) is 0 Å². The number of benzene rings is 2. The van der Waals surface area contributed by atoms with E-state index in [4.69, 9.17) is 9.47 Å². The maximum atomic E-state index is 13.4. The summed E-state index contributed by atoms with van der Waals surface area (Å²) in [5, 5.41) is 1.15. The SMILES string of the molecule is COc1ccc(N(C(=O)c2ccccc2Br)[C@@H]2C=CS(=O)(=O)C2)c(OC)c1. The van der Waals surface area contributed by atoms with Crippen molar-refractivity contribution in [1.82, 2.24) is 0 Å². The zero-order valence-electron chi connectivity index (χ0n) is 14.8. The van der Waals surface area contributed by atoms with Crippen molar-refractivity contribution in [2.75, 3.05) is 24.9 Å². The molecule has 0 spiro atoms. The number of carbonyl (C=O) groups excluding carboxylic acids is 1. The predicted octanol–water partition coefficient (Wildman–Crippen LogP) is 3.42. The Kier molecular flexibility index (Phi) is 5.57. The van der Waals surface area contributed by atoms with E-state index in [1.807, 2.05) is 0 Å². The average Bonchev–Trinajstić information content (AvgIpc) is 3.01. The molecular weight excluding hydrogens is 434 g/mol. The highest BCUT2D eigenvalue weighted by atomic mass is 79.9. The van der Waals surface area contributed by atoms with Crippen molar-refractivity contribution in [2.45, 2.75) is 6.04 Å². The summed E-state index contributed by atoms with van der Waals surface area (Å²) in [5.74, 6) is 0.460. The number of methoxy groups -OCH3 is 2. The molecule has 1 heterocycles. The Labute approximate surface area is 166 Å². The van der Waals surface area contributed by atoms with Gasteiger partial charge in [0.15, 0.2) is 9.84 Å². The molecule has 0 fully saturated rings. The fourth-order valence-electron chi connectivity index (χ4n) is 2.91. The smallest absolute Gasteiger partial charge is 0.260 e. The number of hydrogen-bond donors (Lipinski definition) is 0. The topological polar surface area (TPSA) is 72.9 Å². The van der Waals surface area contributed by atoms with Gasteiger partial charge in [0, 0.05) is 15.9 Å². The molecule has 0 N–H and O–H groups in total. The molecule has 0 unspecified atom stereocenters. The average molecular weight is 452 g/mol. The van der Waals surface area contributed by atoms with Crippen LogP contribution in [-0.4, -0.2) is 40.3 Å². The number of amides is 1. The zero-order chi connectivity index (χ0) is 19.6. The molecule has 27 heavy (non-hydrogen) atoms. The maximum absolute atomic E-state index is 13.4. The Morgan fingerprint density at radius 2 is 1.89 bits per heavy atom. The second-order valence-electron chi connectivity index (χ2n) is 5.92. The van der Waals surface area contributed by atoms with Gasteiger partial charge < -0.3 is 9.47 Å². The summed E-state index contributed by atoms with van der Waals surface area (Å²) in [6.07, 6.45) is 1.52. The lowest BCUT2D eigenvalue weighted by Gasteiger charge is -2.29. The first kappa shape index (κ1) is 19.4. The van der Waals surface area contributed by atoms with Gasteiger partial charge in [-0.05, 0) is 46.3 Å². The fraction of sp³-hybridized carbons (Fsp3) is 0.211. The summed E-state index contributed by atoms with van der Waals surface area (Å²) >= 11 is 3.39. The fourth-order valence-corrected chi connectivity index (χ4v) is 4.63. The van der Waals surface area contributed by atoms with Crippen molar-refractivity contribution in [3.63, 3.8) is 0 Å². The third kappa shape index (κ3) is 4.01. The molecule has 3 rings (SSSR count). The number of rotatable bonds is 5. The molecule has 0 aromatic heterocycles. The third-order valence-electron chi connectivity index (χ3n) is 4.21. The van der Waals surface area contributed by atoms with Crippen molar-refractivity contribution in [1.29, 1.82) is 0 Å². The summed E-state index contributed by atoms with van der Waals surface area (Å²) in [6.45, 7) is 0. The van der Waals surface area contributed by atoms with E-state index in [2.05, 4.69) is 15.9 Å². The highest BCUT2D eigenvalue weighted by Gasteiger charge is 2.34. The molecule has 1 aliphatic heterocycles. The van der Waals surface area contributed by atoms with Crippen LogP contribution < -0.4 is 14.4 Å². The first-order chi connectivity index (χ1) is 12.9. The van der Waals surface area contributed by atoms with E-state index in [-0.39, 0.29) is 11.7 Å². The molecule has 0 bridgehead atoms. The van der Waals surface area contributed by atoms with Gasteiger partial charge >= 0.3 is 0 Å². The van der Waals surface area contributed by atoms with Gasteiger partial charge in [-0.3, -0.25) is 9.69 Å². The van der Waals surface area contributed by atoms with Crippen LogP contribution >= 0.6 is 15.9 Å². The zero-order valence-corrected chi connectivity index (χ0v) is 17.2. The summed E-state index contributed by atoms with van der Waals surface area (Å²) in [4.78, 5) is 14.8. The van der Waals surface area contributed by atoms with Crippen LogP contribution in [0.3, 0.4) is 0 Å². The number of hydrogen-bond acceptors (Lipinski definition) is 5. The van der Waals surface area contributed by atoms with E-state index in [1.165, 1.54) is 25.2 Å². The van der Waals surface area contributed by atoms with Crippen LogP contribution in [0.1, 0.15) is 10.4 Å². The molecule has 0 radical (unpaired) electrons. The molecule has 1 amide bonds. The molecule has 0 saturated heterocycles. The summed E-state index contributed by atoms with van der Waals surface area (Å²) in [7, 11) is -0.339. The minimum atomic E-state index is -3.36. The van der Waals surface area contributed by atoms with Crippen LogP contribution in [-0.2, 0) is 9.84 Å². The monoisotopic (exact) mass is 451 g/mol. The number of ether oxygens (including phenoxy) is 2. The highest BCUT2D eigenvalue weighted by Crippen LogP contribution is 2.36. The van der Waals surface area contributed by atoms with Gasteiger partial charge in [0.05, 0.1) is 37.3 Å². The molecule has 8 heteroatoms. The highest BCUT2D eigenvalue weighted by molar-refractivity contribution is 9.10. The Bertz CT molecular complexity index is 1000. The molecule has 0 saturated carbocycles. The van der Waals surface area contributed by atoms with Gasteiger partial charge in [-0.15, -0.1) is 0 Å². The second-order valence-corrected chi connectivity index (χ2v) is 8.70. The van der Waals surface area contributed by atoms with Gasteiger partial charge in [0.25, 0.3) is 5.91 Å². The number of halogens is 1. The molecular formula is C19H18BrNO5S. The van der Waals surface area contributed by atoms with Crippen LogP contribution in [0.5, 0.6) is 11.5 Å². The molecule has 6 nitrogen and oxygen atoms in total. The quantitative estimate of drug-likeness (QED) is 0.695.